The number of aromatic nitrogens is 2. The van der Waals surface area contributed by atoms with Crippen LogP contribution in [0.3, 0.4) is 0 Å². The molecule has 1 aromatic heterocycles. The standard InChI is InChI=1S/C15H25ClN4/c1-3-7-13-14(16)17-11-18-15(13)19-12(2)10-20-8-5-4-6-9-20/h11-12H,3-10H2,1-2H3,(H,17,18,19). The average Bonchev–Trinajstić information content (AvgIpc) is 2.44. The molecule has 0 saturated carbocycles. The van der Waals surface area contributed by atoms with E-state index < -0.39 is 0 Å². The van der Waals surface area contributed by atoms with E-state index in [1.807, 2.05) is 0 Å². The van der Waals surface area contributed by atoms with Gasteiger partial charge in [0.05, 0.1) is 0 Å². The van der Waals surface area contributed by atoms with Crippen molar-refractivity contribution in [1.29, 1.82) is 0 Å². The maximum Gasteiger partial charge on any atom is 0.137 e. The predicted molar refractivity (Wildman–Crippen MR) is 84.4 cm³/mol. The van der Waals surface area contributed by atoms with Crippen molar-refractivity contribution < 1.29 is 0 Å². The second-order valence-electron chi connectivity index (χ2n) is 5.65. The van der Waals surface area contributed by atoms with Crippen LogP contribution in [0, 0.1) is 0 Å². The van der Waals surface area contributed by atoms with Gasteiger partial charge in [-0.15, -0.1) is 0 Å². The fourth-order valence-electron chi connectivity index (χ4n) is 2.80. The number of hydrogen-bond acceptors (Lipinski definition) is 4. The molecule has 0 amide bonds. The highest BCUT2D eigenvalue weighted by atomic mass is 35.5. The molecular weight excluding hydrogens is 272 g/mol. The zero-order valence-electron chi connectivity index (χ0n) is 12.5. The summed E-state index contributed by atoms with van der Waals surface area (Å²) in [5.74, 6) is 0.899. The lowest BCUT2D eigenvalue weighted by Crippen LogP contribution is -2.38. The van der Waals surface area contributed by atoms with Crippen molar-refractivity contribution in [3.05, 3.63) is 17.0 Å². The maximum absolute atomic E-state index is 6.18. The third-order valence-electron chi connectivity index (χ3n) is 3.76. The summed E-state index contributed by atoms with van der Waals surface area (Å²) in [6, 6.07) is 0.370. The van der Waals surface area contributed by atoms with Crippen LogP contribution in [0.15, 0.2) is 6.33 Å². The number of piperidine rings is 1. The van der Waals surface area contributed by atoms with Crippen molar-refractivity contribution in [2.75, 3.05) is 25.0 Å². The Labute approximate surface area is 126 Å². The van der Waals surface area contributed by atoms with Crippen LogP contribution in [0.2, 0.25) is 5.15 Å². The molecule has 1 N–H and O–H groups in total. The van der Waals surface area contributed by atoms with Crippen molar-refractivity contribution in [3.8, 4) is 0 Å². The minimum absolute atomic E-state index is 0.370. The first-order valence-corrected chi connectivity index (χ1v) is 8.06. The molecule has 1 unspecified atom stereocenters. The molecule has 2 rings (SSSR count). The van der Waals surface area contributed by atoms with Gasteiger partial charge in [0.1, 0.15) is 17.3 Å². The van der Waals surface area contributed by atoms with Crippen LogP contribution in [-0.4, -0.2) is 40.5 Å². The van der Waals surface area contributed by atoms with Crippen molar-refractivity contribution >= 4 is 17.4 Å². The van der Waals surface area contributed by atoms with Crippen LogP contribution in [0.25, 0.3) is 0 Å². The highest BCUT2D eigenvalue weighted by Crippen LogP contribution is 2.22. The van der Waals surface area contributed by atoms with Gasteiger partial charge in [-0.3, -0.25) is 0 Å². The van der Waals surface area contributed by atoms with E-state index in [4.69, 9.17) is 11.6 Å². The molecule has 5 heteroatoms. The molecule has 0 bridgehead atoms. The molecule has 1 aliphatic rings. The van der Waals surface area contributed by atoms with Crippen LogP contribution in [0.4, 0.5) is 5.82 Å². The Balaban J connectivity index is 1.96. The Morgan fingerprint density at radius 1 is 1.30 bits per heavy atom. The van der Waals surface area contributed by atoms with E-state index in [1.54, 1.807) is 0 Å². The lowest BCUT2D eigenvalue weighted by molar-refractivity contribution is 0.223. The Morgan fingerprint density at radius 3 is 2.75 bits per heavy atom. The minimum atomic E-state index is 0.370. The number of nitrogens with one attached hydrogen (secondary N) is 1. The van der Waals surface area contributed by atoms with Gasteiger partial charge in [0.2, 0.25) is 0 Å². The average molecular weight is 297 g/mol. The zero-order chi connectivity index (χ0) is 14.4. The molecule has 20 heavy (non-hydrogen) atoms. The number of likely N-dealkylation sites (tertiary alicyclic amines) is 1. The van der Waals surface area contributed by atoms with E-state index >= 15 is 0 Å². The second-order valence-corrected chi connectivity index (χ2v) is 6.01. The van der Waals surface area contributed by atoms with E-state index in [9.17, 15) is 0 Å². The summed E-state index contributed by atoms with van der Waals surface area (Å²) in [4.78, 5) is 11.0. The van der Waals surface area contributed by atoms with E-state index in [1.165, 1.54) is 38.7 Å². The summed E-state index contributed by atoms with van der Waals surface area (Å²) in [5.41, 5.74) is 1.04. The first-order chi connectivity index (χ1) is 9.70. The summed E-state index contributed by atoms with van der Waals surface area (Å²) < 4.78 is 0. The van der Waals surface area contributed by atoms with Gasteiger partial charge in [0, 0.05) is 18.2 Å². The third kappa shape index (κ3) is 4.32. The van der Waals surface area contributed by atoms with Gasteiger partial charge >= 0.3 is 0 Å². The summed E-state index contributed by atoms with van der Waals surface area (Å²) in [6.45, 7) is 7.86. The largest absolute Gasteiger partial charge is 0.366 e. The summed E-state index contributed by atoms with van der Waals surface area (Å²) >= 11 is 6.18. The topological polar surface area (TPSA) is 41.1 Å². The van der Waals surface area contributed by atoms with E-state index in [0.29, 0.717) is 11.2 Å². The van der Waals surface area contributed by atoms with Gasteiger partial charge in [0.15, 0.2) is 0 Å². The molecule has 0 spiro atoms. The molecule has 1 atom stereocenters. The van der Waals surface area contributed by atoms with Crippen LogP contribution in [0.1, 0.15) is 45.1 Å². The number of anilines is 1. The normalized spacial score (nSPS) is 17.9. The van der Waals surface area contributed by atoms with Gasteiger partial charge in [-0.1, -0.05) is 31.4 Å². The zero-order valence-corrected chi connectivity index (χ0v) is 13.3. The summed E-state index contributed by atoms with van der Waals surface area (Å²) in [6.07, 6.45) is 7.53. The quantitative estimate of drug-likeness (QED) is 0.817. The summed E-state index contributed by atoms with van der Waals surface area (Å²) in [5, 5.41) is 4.08. The minimum Gasteiger partial charge on any atom is -0.366 e. The van der Waals surface area contributed by atoms with Crippen molar-refractivity contribution in [3.63, 3.8) is 0 Å². The Kier molecular flexibility index (Phi) is 6.05. The lowest BCUT2D eigenvalue weighted by Gasteiger charge is -2.29. The molecule has 112 valence electrons. The molecule has 0 radical (unpaired) electrons. The molecule has 0 aromatic carbocycles. The van der Waals surface area contributed by atoms with E-state index in [2.05, 4.69) is 34.0 Å². The fraction of sp³-hybridized carbons (Fsp3) is 0.733. The van der Waals surface area contributed by atoms with E-state index in [-0.39, 0.29) is 0 Å². The molecule has 1 aliphatic heterocycles. The van der Waals surface area contributed by atoms with Crippen molar-refractivity contribution in [1.82, 2.24) is 14.9 Å². The fourth-order valence-corrected chi connectivity index (χ4v) is 3.02. The van der Waals surface area contributed by atoms with Gasteiger partial charge in [-0.2, -0.15) is 0 Å². The Morgan fingerprint density at radius 2 is 2.05 bits per heavy atom. The molecule has 1 saturated heterocycles. The highest BCUT2D eigenvalue weighted by molar-refractivity contribution is 6.30. The maximum atomic E-state index is 6.18. The lowest BCUT2D eigenvalue weighted by atomic mass is 10.1. The third-order valence-corrected chi connectivity index (χ3v) is 4.08. The predicted octanol–water partition coefficient (Wildman–Crippen LogP) is 3.37. The van der Waals surface area contributed by atoms with Crippen LogP contribution >= 0.6 is 11.6 Å². The molecule has 0 aliphatic carbocycles. The smallest absolute Gasteiger partial charge is 0.137 e. The van der Waals surface area contributed by atoms with E-state index in [0.717, 1.165) is 30.8 Å². The molecule has 2 heterocycles. The van der Waals surface area contributed by atoms with Crippen LogP contribution in [-0.2, 0) is 6.42 Å². The van der Waals surface area contributed by atoms with Crippen LogP contribution < -0.4 is 5.32 Å². The second kappa shape index (κ2) is 7.79. The number of rotatable bonds is 6. The highest BCUT2D eigenvalue weighted by Gasteiger charge is 2.15. The first-order valence-electron chi connectivity index (χ1n) is 7.69. The van der Waals surface area contributed by atoms with Gasteiger partial charge in [0.25, 0.3) is 0 Å². The van der Waals surface area contributed by atoms with Gasteiger partial charge in [-0.05, 0) is 39.3 Å². The van der Waals surface area contributed by atoms with Crippen LogP contribution in [0.5, 0.6) is 0 Å². The SMILES string of the molecule is CCCc1c(Cl)ncnc1NC(C)CN1CCCCC1. The molecular formula is C15H25ClN4. The first kappa shape index (κ1) is 15.5. The molecule has 1 aromatic rings. The monoisotopic (exact) mass is 296 g/mol. The number of hydrogen-bond donors (Lipinski definition) is 1. The van der Waals surface area contributed by atoms with Crippen molar-refractivity contribution in [2.24, 2.45) is 0 Å². The number of halogens is 1. The summed E-state index contributed by atoms with van der Waals surface area (Å²) in [7, 11) is 0. The molecule has 1 fully saturated rings. The Bertz CT molecular complexity index is 418. The van der Waals surface area contributed by atoms with Crippen molar-refractivity contribution in [2.45, 2.75) is 52.0 Å². The van der Waals surface area contributed by atoms with Gasteiger partial charge in [-0.25, -0.2) is 9.97 Å². The number of nitrogens with zero attached hydrogens (tertiary/aromatic N) is 3. The Hall–Kier alpha value is -0.870. The van der Waals surface area contributed by atoms with Gasteiger partial charge < -0.3 is 10.2 Å². The molecule has 4 nitrogen and oxygen atoms in total.